The fourth-order valence-electron chi connectivity index (χ4n) is 3.37. The molecular formula is C21H23ClO4. The normalized spacial score (nSPS) is 16.2. The fraction of sp³-hybridized carbons (Fsp3) is 0.381. The molecule has 0 heterocycles. The van der Waals surface area contributed by atoms with Crippen LogP contribution in [0.15, 0.2) is 36.4 Å². The molecule has 0 aromatic heterocycles. The van der Waals surface area contributed by atoms with Gasteiger partial charge in [0.05, 0.1) is 6.10 Å². The second-order valence-electron chi connectivity index (χ2n) is 6.52. The summed E-state index contributed by atoms with van der Waals surface area (Å²) < 4.78 is 11.4. The Morgan fingerprint density at radius 2 is 2.12 bits per heavy atom. The average Bonchev–Trinajstić information content (AvgIpc) is 2.64. The number of fused-ring (bicyclic) bond motifs is 1. The highest BCUT2D eigenvalue weighted by molar-refractivity contribution is 6.31. The highest BCUT2D eigenvalue weighted by Gasteiger charge is 2.20. The third-order valence-corrected chi connectivity index (χ3v) is 5.14. The molecule has 1 N–H and O–H groups in total. The summed E-state index contributed by atoms with van der Waals surface area (Å²) in [5.74, 6) is -0.0961. The number of hydrogen-bond donors (Lipinski definition) is 1. The molecule has 0 saturated carbocycles. The lowest BCUT2D eigenvalue weighted by atomic mass is 9.89. The number of hydrogen-bond acceptors (Lipinski definition) is 3. The van der Waals surface area contributed by atoms with E-state index in [1.165, 1.54) is 16.7 Å². The van der Waals surface area contributed by atoms with Gasteiger partial charge in [-0.15, -0.1) is 0 Å². The van der Waals surface area contributed by atoms with Gasteiger partial charge in [0.25, 0.3) is 0 Å². The molecule has 0 saturated heterocycles. The van der Waals surface area contributed by atoms with Crippen LogP contribution in [0.25, 0.3) is 0 Å². The van der Waals surface area contributed by atoms with Crippen molar-refractivity contribution in [3.8, 4) is 5.75 Å². The Hall–Kier alpha value is -2.04. The van der Waals surface area contributed by atoms with Crippen molar-refractivity contribution in [2.75, 3.05) is 6.61 Å². The summed E-state index contributed by atoms with van der Waals surface area (Å²) in [6.45, 7) is 2.32. The van der Waals surface area contributed by atoms with Gasteiger partial charge in [-0.3, -0.25) is 0 Å². The number of aliphatic carboxylic acids is 1. The Balaban J connectivity index is 1.65. The van der Waals surface area contributed by atoms with E-state index in [4.69, 9.17) is 26.2 Å². The lowest BCUT2D eigenvalue weighted by molar-refractivity contribution is -0.144. The molecule has 0 radical (unpaired) electrons. The van der Waals surface area contributed by atoms with Gasteiger partial charge in [-0.05, 0) is 60.6 Å². The molecule has 4 nitrogen and oxygen atoms in total. The van der Waals surface area contributed by atoms with Crippen LogP contribution in [0, 0.1) is 0 Å². The molecule has 3 rings (SSSR count). The Kier molecular flexibility index (Phi) is 6.17. The maximum Gasteiger partial charge on any atom is 0.329 e. The van der Waals surface area contributed by atoms with Gasteiger partial charge in [0.1, 0.15) is 19.0 Å². The Morgan fingerprint density at radius 3 is 2.88 bits per heavy atom. The van der Waals surface area contributed by atoms with E-state index >= 15 is 0 Å². The molecule has 1 aliphatic carbocycles. The van der Waals surface area contributed by atoms with E-state index in [-0.39, 0.29) is 12.7 Å². The summed E-state index contributed by atoms with van der Waals surface area (Å²) in [6.07, 6.45) is 3.33. The first kappa shape index (κ1) is 18.7. The van der Waals surface area contributed by atoms with Crippen LogP contribution in [0.2, 0.25) is 5.02 Å². The van der Waals surface area contributed by atoms with Gasteiger partial charge in [0.15, 0.2) is 0 Å². The van der Waals surface area contributed by atoms with Crippen molar-refractivity contribution < 1.29 is 19.4 Å². The van der Waals surface area contributed by atoms with Gasteiger partial charge in [0, 0.05) is 10.6 Å². The smallest absolute Gasteiger partial charge is 0.329 e. The van der Waals surface area contributed by atoms with Crippen molar-refractivity contribution in [1.29, 1.82) is 0 Å². The van der Waals surface area contributed by atoms with Crippen molar-refractivity contribution in [2.24, 2.45) is 0 Å². The number of carboxylic acids is 1. The highest BCUT2D eigenvalue weighted by Crippen LogP contribution is 2.28. The molecule has 2 aromatic rings. The number of ether oxygens (including phenoxy) is 2. The van der Waals surface area contributed by atoms with Crippen LogP contribution < -0.4 is 4.74 Å². The van der Waals surface area contributed by atoms with E-state index in [2.05, 4.69) is 19.1 Å². The number of aryl methyl sites for hydroxylation is 2. The molecule has 0 fully saturated rings. The zero-order valence-electron chi connectivity index (χ0n) is 14.8. The van der Waals surface area contributed by atoms with Crippen molar-refractivity contribution in [1.82, 2.24) is 0 Å². The van der Waals surface area contributed by atoms with Gasteiger partial charge in [-0.1, -0.05) is 36.7 Å². The molecule has 2 aromatic carbocycles. The monoisotopic (exact) mass is 374 g/mol. The lowest BCUT2D eigenvalue weighted by Gasteiger charge is -2.25. The van der Waals surface area contributed by atoms with Crippen LogP contribution in [-0.4, -0.2) is 23.8 Å². The predicted molar refractivity (Wildman–Crippen MR) is 101 cm³/mol. The first-order chi connectivity index (χ1) is 12.6. The Labute approximate surface area is 158 Å². The molecule has 1 atom stereocenters. The zero-order valence-corrected chi connectivity index (χ0v) is 15.6. The van der Waals surface area contributed by atoms with Crippen LogP contribution in [0.4, 0.5) is 0 Å². The quantitative estimate of drug-likeness (QED) is 0.778. The topological polar surface area (TPSA) is 55.8 Å². The standard InChI is InChI=1S/C21H23ClO4/c1-2-14-4-3-5-20(22)19(14)12-25-17-8-6-16-11-18(26-13-21(23)24)9-7-15(16)10-17/h3-6,8,10,18H,2,7,9,11-13H2,1H3,(H,23,24). The minimum Gasteiger partial charge on any atom is -0.489 e. The van der Waals surface area contributed by atoms with E-state index in [0.717, 1.165) is 42.0 Å². The first-order valence-electron chi connectivity index (χ1n) is 8.91. The number of rotatable bonds is 7. The van der Waals surface area contributed by atoms with E-state index in [9.17, 15) is 4.79 Å². The third-order valence-electron chi connectivity index (χ3n) is 4.78. The third kappa shape index (κ3) is 4.57. The van der Waals surface area contributed by atoms with Gasteiger partial charge < -0.3 is 14.6 Å². The summed E-state index contributed by atoms with van der Waals surface area (Å²) >= 11 is 6.32. The first-order valence-corrected chi connectivity index (χ1v) is 9.29. The van der Waals surface area contributed by atoms with Crippen molar-refractivity contribution in [3.63, 3.8) is 0 Å². The van der Waals surface area contributed by atoms with Crippen LogP contribution in [-0.2, 0) is 35.4 Å². The van der Waals surface area contributed by atoms with Gasteiger partial charge in [-0.2, -0.15) is 0 Å². The molecule has 0 aliphatic heterocycles. The molecule has 1 unspecified atom stereocenters. The zero-order chi connectivity index (χ0) is 18.5. The molecule has 5 heteroatoms. The van der Waals surface area contributed by atoms with Crippen LogP contribution in [0.5, 0.6) is 5.75 Å². The average molecular weight is 375 g/mol. The highest BCUT2D eigenvalue weighted by atomic mass is 35.5. The summed E-state index contributed by atoms with van der Waals surface area (Å²) in [6, 6.07) is 12.0. The van der Waals surface area contributed by atoms with Crippen molar-refractivity contribution >= 4 is 17.6 Å². The Bertz CT molecular complexity index is 788. The maximum absolute atomic E-state index is 10.6. The number of carbonyl (C=O) groups is 1. The molecule has 1 aliphatic rings. The minimum atomic E-state index is -0.925. The number of benzene rings is 2. The van der Waals surface area contributed by atoms with E-state index in [1.54, 1.807) is 0 Å². The molecule has 0 bridgehead atoms. The summed E-state index contributed by atoms with van der Waals surface area (Å²) in [4.78, 5) is 10.6. The van der Waals surface area contributed by atoms with Gasteiger partial charge >= 0.3 is 5.97 Å². The van der Waals surface area contributed by atoms with Crippen molar-refractivity contribution in [2.45, 2.75) is 45.3 Å². The number of carboxylic acid groups (broad SMARTS) is 1. The number of halogens is 1. The van der Waals surface area contributed by atoms with E-state index < -0.39 is 5.97 Å². The second-order valence-corrected chi connectivity index (χ2v) is 6.93. The lowest BCUT2D eigenvalue weighted by Crippen LogP contribution is -2.25. The molecule has 0 amide bonds. The molecule has 138 valence electrons. The molecule has 26 heavy (non-hydrogen) atoms. The summed E-state index contributed by atoms with van der Waals surface area (Å²) in [5, 5.41) is 9.47. The van der Waals surface area contributed by atoms with Crippen LogP contribution >= 0.6 is 11.6 Å². The minimum absolute atomic E-state index is 0.0272. The summed E-state index contributed by atoms with van der Waals surface area (Å²) in [7, 11) is 0. The van der Waals surface area contributed by atoms with E-state index in [0.29, 0.717) is 6.61 Å². The van der Waals surface area contributed by atoms with Crippen LogP contribution in [0.3, 0.4) is 0 Å². The SMILES string of the molecule is CCc1cccc(Cl)c1COc1ccc2c(c1)CCC(OCC(=O)O)C2. The van der Waals surface area contributed by atoms with Crippen molar-refractivity contribution in [3.05, 3.63) is 63.7 Å². The predicted octanol–water partition coefficient (Wildman–Crippen LogP) is 4.44. The fourth-order valence-corrected chi connectivity index (χ4v) is 3.62. The Morgan fingerprint density at radius 1 is 1.27 bits per heavy atom. The second kappa shape index (κ2) is 8.56. The molecular weight excluding hydrogens is 352 g/mol. The van der Waals surface area contributed by atoms with Gasteiger partial charge in [0.2, 0.25) is 0 Å². The van der Waals surface area contributed by atoms with E-state index in [1.807, 2.05) is 24.3 Å². The van der Waals surface area contributed by atoms with Crippen LogP contribution in [0.1, 0.15) is 35.6 Å². The largest absolute Gasteiger partial charge is 0.489 e. The maximum atomic E-state index is 10.6. The summed E-state index contributed by atoms with van der Waals surface area (Å²) in [5.41, 5.74) is 4.68. The van der Waals surface area contributed by atoms with Gasteiger partial charge in [-0.25, -0.2) is 4.79 Å². The molecule has 0 spiro atoms.